The second kappa shape index (κ2) is 9.05. The van der Waals surface area contributed by atoms with E-state index < -0.39 is 0 Å². The standard InChI is InChI=1S/C28H28N2O/c1-20-9-13-24(14-10-20)19-30-18-22(3)27(25-15-11-21(2)12-16-25)28(30)29-26(31)17-23-7-5-4-6-8-23/h4-16,18H,17,19H2,1-3H3,(H,29,31). The molecule has 4 aromatic rings. The van der Waals surface area contributed by atoms with Gasteiger partial charge in [-0.2, -0.15) is 0 Å². The molecule has 0 aliphatic rings. The van der Waals surface area contributed by atoms with E-state index in [1.807, 2.05) is 30.3 Å². The Labute approximate surface area is 184 Å². The van der Waals surface area contributed by atoms with Crippen molar-refractivity contribution in [3.8, 4) is 11.1 Å². The molecule has 3 heteroatoms. The lowest BCUT2D eigenvalue weighted by molar-refractivity contribution is -0.115. The van der Waals surface area contributed by atoms with Crippen molar-refractivity contribution < 1.29 is 4.79 Å². The predicted octanol–water partition coefficient (Wildman–Crippen LogP) is 6.31. The average molecular weight is 409 g/mol. The third kappa shape index (κ3) is 4.95. The van der Waals surface area contributed by atoms with Crippen molar-refractivity contribution in [3.63, 3.8) is 0 Å². The summed E-state index contributed by atoms with van der Waals surface area (Å²) in [7, 11) is 0. The van der Waals surface area contributed by atoms with Crippen LogP contribution in [0.25, 0.3) is 11.1 Å². The molecule has 0 atom stereocenters. The second-order valence-corrected chi connectivity index (χ2v) is 8.23. The zero-order valence-corrected chi connectivity index (χ0v) is 18.4. The van der Waals surface area contributed by atoms with Crippen LogP contribution in [-0.4, -0.2) is 10.5 Å². The fraction of sp³-hybridized carbons (Fsp3) is 0.179. The SMILES string of the molecule is Cc1ccc(Cn2cc(C)c(-c3ccc(C)cc3)c2NC(=O)Cc2ccccc2)cc1. The van der Waals surface area contributed by atoms with Crippen molar-refractivity contribution in [1.82, 2.24) is 4.57 Å². The maximum absolute atomic E-state index is 13.0. The third-order valence-corrected chi connectivity index (χ3v) is 5.55. The van der Waals surface area contributed by atoms with Gasteiger partial charge in [-0.25, -0.2) is 0 Å². The molecule has 0 bridgehead atoms. The van der Waals surface area contributed by atoms with Gasteiger partial charge in [-0.15, -0.1) is 0 Å². The molecule has 0 spiro atoms. The van der Waals surface area contributed by atoms with Crippen molar-refractivity contribution in [1.29, 1.82) is 0 Å². The zero-order valence-electron chi connectivity index (χ0n) is 18.4. The van der Waals surface area contributed by atoms with Crippen LogP contribution in [-0.2, 0) is 17.8 Å². The number of hydrogen-bond donors (Lipinski definition) is 1. The van der Waals surface area contributed by atoms with E-state index in [1.54, 1.807) is 0 Å². The van der Waals surface area contributed by atoms with Crippen LogP contribution in [0.15, 0.2) is 85.1 Å². The van der Waals surface area contributed by atoms with Gasteiger partial charge < -0.3 is 9.88 Å². The molecule has 3 aromatic carbocycles. The number of amides is 1. The minimum atomic E-state index is -0.0113. The van der Waals surface area contributed by atoms with E-state index in [2.05, 4.69) is 85.4 Å². The summed E-state index contributed by atoms with van der Waals surface area (Å²) in [6.45, 7) is 6.98. The summed E-state index contributed by atoms with van der Waals surface area (Å²) >= 11 is 0. The van der Waals surface area contributed by atoms with Gasteiger partial charge in [-0.3, -0.25) is 4.79 Å². The van der Waals surface area contributed by atoms with Gasteiger partial charge in [0.2, 0.25) is 5.91 Å². The van der Waals surface area contributed by atoms with Crippen LogP contribution in [0.1, 0.15) is 27.8 Å². The fourth-order valence-electron chi connectivity index (χ4n) is 3.88. The number of nitrogens with one attached hydrogen (secondary N) is 1. The predicted molar refractivity (Wildman–Crippen MR) is 128 cm³/mol. The van der Waals surface area contributed by atoms with E-state index >= 15 is 0 Å². The first kappa shape index (κ1) is 20.7. The Morgan fingerprint density at radius 3 is 2.03 bits per heavy atom. The molecule has 1 heterocycles. The van der Waals surface area contributed by atoms with Gasteiger partial charge in [-0.1, -0.05) is 90.0 Å². The lowest BCUT2D eigenvalue weighted by Crippen LogP contribution is -2.18. The van der Waals surface area contributed by atoms with Crippen molar-refractivity contribution in [3.05, 3.63) is 113 Å². The highest BCUT2D eigenvalue weighted by Crippen LogP contribution is 2.34. The number of anilines is 1. The molecule has 156 valence electrons. The highest BCUT2D eigenvalue weighted by molar-refractivity contribution is 5.96. The van der Waals surface area contributed by atoms with Crippen molar-refractivity contribution in [2.75, 3.05) is 5.32 Å². The van der Waals surface area contributed by atoms with Crippen LogP contribution < -0.4 is 5.32 Å². The van der Waals surface area contributed by atoms with E-state index in [1.165, 1.54) is 16.7 Å². The zero-order chi connectivity index (χ0) is 21.8. The molecular weight excluding hydrogens is 380 g/mol. The van der Waals surface area contributed by atoms with Gasteiger partial charge in [0.05, 0.1) is 6.42 Å². The van der Waals surface area contributed by atoms with Crippen LogP contribution in [0.5, 0.6) is 0 Å². The summed E-state index contributed by atoms with van der Waals surface area (Å²) in [5.74, 6) is 0.839. The summed E-state index contributed by atoms with van der Waals surface area (Å²) in [6.07, 6.45) is 2.48. The first-order chi connectivity index (χ1) is 15.0. The summed E-state index contributed by atoms with van der Waals surface area (Å²) in [5.41, 5.74) is 8.00. The number of aromatic nitrogens is 1. The molecule has 1 N–H and O–H groups in total. The summed E-state index contributed by atoms with van der Waals surface area (Å²) < 4.78 is 2.15. The number of nitrogens with zero attached hydrogens (tertiary/aromatic N) is 1. The molecule has 4 rings (SSSR count). The number of benzene rings is 3. The number of aryl methyl sites for hydroxylation is 3. The van der Waals surface area contributed by atoms with Crippen LogP contribution >= 0.6 is 0 Å². The Morgan fingerprint density at radius 2 is 1.39 bits per heavy atom. The summed E-state index contributed by atoms with van der Waals surface area (Å²) in [5, 5.41) is 3.22. The molecule has 0 fully saturated rings. The molecule has 0 aliphatic carbocycles. The van der Waals surface area contributed by atoms with E-state index in [0.29, 0.717) is 13.0 Å². The molecule has 0 unspecified atom stereocenters. The topological polar surface area (TPSA) is 34.0 Å². The number of carbonyl (C=O) groups excluding carboxylic acids is 1. The lowest BCUT2D eigenvalue weighted by atomic mass is 10.0. The Bertz CT molecular complexity index is 1170. The van der Waals surface area contributed by atoms with Crippen molar-refractivity contribution in [2.45, 2.75) is 33.7 Å². The largest absolute Gasteiger partial charge is 0.329 e. The van der Waals surface area contributed by atoms with Crippen molar-refractivity contribution >= 4 is 11.7 Å². The van der Waals surface area contributed by atoms with Gasteiger partial charge in [0.15, 0.2) is 0 Å². The second-order valence-electron chi connectivity index (χ2n) is 8.23. The van der Waals surface area contributed by atoms with Gasteiger partial charge in [0.25, 0.3) is 0 Å². The normalized spacial score (nSPS) is 10.8. The lowest BCUT2D eigenvalue weighted by Gasteiger charge is -2.14. The first-order valence-corrected chi connectivity index (χ1v) is 10.7. The van der Waals surface area contributed by atoms with Crippen molar-refractivity contribution in [2.24, 2.45) is 0 Å². The molecule has 0 saturated heterocycles. The Morgan fingerprint density at radius 1 is 0.774 bits per heavy atom. The number of hydrogen-bond acceptors (Lipinski definition) is 1. The van der Waals surface area contributed by atoms with E-state index in [4.69, 9.17) is 0 Å². The van der Waals surface area contributed by atoms with Gasteiger partial charge in [0.1, 0.15) is 5.82 Å². The minimum absolute atomic E-state index is 0.0113. The maximum Gasteiger partial charge on any atom is 0.229 e. The fourth-order valence-corrected chi connectivity index (χ4v) is 3.88. The molecule has 1 aromatic heterocycles. The average Bonchev–Trinajstić information content (AvgIpc) is 3.05. The Kier molecular flexibility index (Phi) is 6.03. The van der Waals surface area contributed by atoms with E-state index in [0.717, 1.165) is 28.1 Å². The van der Waals surface area contributed by atoms with E-state index in [-0.39, 0.29) is 5.91 Å². The highest BCUT2D eigenvalue weighted by atomic mass is 16.1. The maximum atomic E-state index is 13.0. The van der Waals surface area contributed by atoms with Gasteiger partial charge in [0, 0.05) is 18.3 Å². The monoisotopic (exact) mass is 408 g/mol. The first-order valence-electron chi connectivity index (χ1n) is 10.7. The third-order valence-electron chi connectivity index (χ3n) is 5.55. The summed E-state index contributed by atoms with van der Waals surface area (Å²) in [4.78, 5) is 13.0. The van der Waals surface area contributed by atoms with Crippen LogP contribution in [0.4, 0.5) is 5.82 Å². The molecule has 1 amide bonds. The Hall–Kier alpha value is -3.59. The van der Waals surface area contributed by atoms with Crippen LogP contribution in [0.3, 0.4) is 0 Å². The smallest absolute Gasteiger partial charge is 0.229 e. The molecular formula is C28H28N2O. The number of rotatable bonds is 6. The molecule has 0 radical (unpaired) electrons. The van der Waals surface area contributed by atoms with Gasteiger partial charge >= 0.3 is 0 Å². The van der Waals surface area contributed by atoms with E-state index in [9.17, 15) is 4.79 Å². The molecule has 3 nitrogen and oxygen atoms in total. The van der Waals surface area contributed by atoms with Gasteiger partial charge in [-0.05, 0) is 43.0 Å². The Balaban J connectivity index is 1.70. The van der Waals surface area contributed by atoms with Crippen LogP contribution in [0.2, 0.25) is 0 Å². The highest BCUT2D eigenvalue weighted by Gasteiger charge is 2.18. The molecule has 0 saturated carbocycles. The van der Waals surface area contributed by atoms with Crippen LogP contribution in [0, 0.1) is 20.8 Å². The summed E-state index contributed by atoms with van der Waals surface area (Å²) in [6, 6.07) is 26.9. The number of carbonyl (C=O) groups is 1. The molecule has 31 heavy (non-hydrogen) atoms. The minimum Gasteiger partial charge on any atom is -0.329 e. The quantitative estimate of drug-likeness (QED) is 0.398. The molecule has 0 aliphatic heterocycles.